The van der Waals surface area contributed by atoms with E-state index in [1.54, 1.807) is 0 Å². The van der Waals surface area contributed by atoms with Crippen LogP contribution < -0.4 is 0 Å². The van der Waals surface area contributed by atoms with Crippen LogP contribution in [0, 0.1) is 39.9 Å². The highest BCUT2D eigenvalue weighted by Crippen LogP contribution is 2.59. The summed E-state index contributed by atoms with van der Waals surface area (Å²) in [7, 11) is 0. The molecule has 384 valence electrons. The smallest absolute Gasteiger partial charge is 0.312 e. The summed E-state index contributed by atoms with van der Waals surface area (Å²) in [5.74, 6) is 2.31. The second-order valence-electron chi connectivity index (χ2n) is 25.6. The fourth-order valence-corrected chi connectivity index (χ4v) is 15.8. The molecule has 4 fully saturated rings. The molecule has 8 rings (SSSR count). The van der Waals surface area contributed by atoms with Crippen molar-refractivity contribution in [2.24, 2.45) is 39.9 Å². The number of rotatable bonds is 16. The van der Waals surface area contributed by atoms with Crippen molar-refractivity contribution in [1.29, 1.82) is 0 Å². The lowest BCUT2D eigenvalue weighted by Crippen LogP contribution is -2.53. The third-order valence-electron chi connectivity index (χ3n) is 20.3. The molecule has 2 aromatic rings. The maximum Gasteiger partial charge on any atom is 0.312 e. The normalized spacial score (nSPS) is 34.5. The topological polar surface area (TPSA) is 112 Å². The molecule has 8 atom stereocenters. The Balaban J connectivity index is 0.722. The summed E-state index contributed by atoms with van der Waals surface area (Å²) in [6.07, 6.45) is 16.7. The van der Waals surface area contributed by atoms with Crippen LogP contribution in [-0.2, 0) is 52.2 Å². The summed E-state index contributed by atoms with van der Waals surface area (Å²) in [5, 5.41) is 22.0. The van der Waals surface area contributed by atoms with Crippen LogP contribution in [0.25, 0.3) is 0 Å². The van der Waals surface area contributed by atoms with E-state index >= 15 is 0 Å². The first kappa shape index (κ1) is 52.5. The van der Waals surface area contributed by atoms with E-state index in [0.29, 0.717) is 23.7 Å². The van der Waals surface area contributed by atoms with Gasteiger partial charge in [-0.25, -0.2) is 0 Å². The van der Waals surface area contributed by atoms with E-state index in [1.807, 2.05) is 0 Å². The standard InChI is InChI=1S/C61H92O8/c1-39(2)41-13-25-51-43(33-41)15-27-53-58(51,7)29-11-31-60(53,9)55(64)68-37-47(62)35-66-49-21-17-45(18-22-49)57(5,6)46-19-23-50(24-20-46)67-36-48(63)38-69-56(65)61(10)32-12-30-59(8)52-26-14-42(40(3)4)34-44(52)16-28-54(59)61/h13-14,25-26,33-34,39-40,45-50,53-54,62-63H,11-12,15-24,27-32,35-38H2,1-10H3. The summed E-state index contributed by atoms with van der Waals surface area (Å²) >= 11 is 0. The summed E-state index contributed by atoms with van der Waals surface area (Å²) in [5.41, 5.74) is 7.45. The molecular formula is C61H92O8. The van der Waals surface area contributed by atoms with Crippen LogP contribution in [0.1, 0.15) is 217 Å². The van der Waals surface area contributed by atoms with Gasteiger partial charge >= 0.3 is 11.9 Å². The molecule has 2 N–H and O–H groups in total. The summed E-state index contributed by atoms with van der Waals surface area (Å²) < 4.78 is 24.5. The largest absolute Gasteiger partial charge is 0.462 e. The molecule has 0 amide bonds. The quantitative estimate of drug-likeness (QED) is 0.160. The van der Waals surface area contributed by atoms with Crippen LogP contribution in [0.3, 0.4) is 0 Å². The maximum absolute atomic E-state index is 13.9. The van der Waals surface area contributed by atoms with Crippen LogP contribution in [0.2, 0.25) is 0 Å². The molecule has 6 aliphatic rings. The number of aliphatic hydroxyl groups is 2. The molecule has 0 heterocycles. The number of esters is 2. The lowest BCUT2D eigenvalue weighted by Gasteiger charge is -2.54. The van der Waals surface area contributed by atoms with Crippen LogP contribution in [0.4, 0.5) is 0 Å². The molecule has 0 bridgehead atoms. The minimum atomic E-state index is -0.840. The number of carbonyl (C=O) groups excluding carboxylic acids is 2. The van der Waals surface area contributed by atoms with Gasteiger partial charge in [0.2, 0.25) is 0 Å². The maximum atomic E-state index is 13.9. The highest BCUT2D eigenvalue weighted by atomic mass is 16.6. The summed E-state index contributed by atoms with van der Waals surface area (Å²) in [6.45, 7) is 23.2. The van der Waals surface area contributed by atoms with Crippen molar-refractivity contribution < 1.29 is 38.7 Å². The molecule has 8 heteroatoms. The number of hydrogen-bond acceptors (Lipinski definition) is 8. The second-order valence-corrected chi connectivity index (χ2v) is 25.6. The zero-order valence-corrected chi connectivity index (χ0v) is 44.6. The van der Waals surface area contributed by atoms with E-state index in [0.717, 1.165) is 116 Å². The molecule has 0 aromatic heterocycles. The van der Waals surface area contributed by atoms with Crippen LogP contribution in [0.5, 0.6) is 0 Å². The van der Waals surface area contributed by atoms with Gasteiger partial charge in [0.25, 0.3) is 0 Å². The second kappa shape index (κ2) is 21.0. The van der Waals surface area contributed by atoms with E-state index in [-0.39, 0.29) is 78.7 Å². The predicted octanol–water partition coefficient (Wildman–Crippen LogP) is 12.6. The highest BCUT2D eigenvalue weighted by Gasteiger charge is 2.57. The average Bonchev–Trinajstić information content (AvgIpc) is 3.33. The highest BCUT2D eigenvalue weighted by molar-refractivity contribution is 5.78. The van der Waals surface area contributed by atoms with E-state index in [9.17, 15) is 19.8 Å². The Morgan fingerprint density at radius 3 is 1.30 bits per heavy atom. The number of carbonyl (C=O) groups is 2. The Bertz CT molecular complexity index is 1950. The first-order chi connectivity index (χ1) is 32.7. The van der Waals surface area contributed by atoms with Crippen molar-refractivity contribution in [1.82, 2.24) is 0 Å². The lowest BCUT2D eigenvalue weighted by molar-refractivity contribution is -0.169. The molecule has 0 aliphatic heterocycles. The molecular weight excluding hydrogens is 861 g/mol. The molecule has 6 aliphatic carbocycles. The van der Waals surface area contributed by atoms with Gasteiger partial charge in [-0.05, 0) is 202 Å². The number of hydrogen-bond donors (Lipinski definition) is 2. The number of aliphatic hydroxyl groups excluding tert-OH is 2. The van der Waals surface area contributed by atoms with Gasteiger partial charge in [0.05, 0.1) is 36.3 Å². The van der Waals surface area contributed by atoms with E-state index in [1.165, 1.54) is 33.4 Å². The molecule has 0 radical (unpaired) electrons. The van der Waals surface area contributed by atoms with Gasteiger partial charge in [-0.1, -0.05) is 105 Å². The van der Waals surface area contributed by atoms with Gasteiger partial charge in [-0.15, -0.1) is 0 Å². The average molecular weight is 953 g/mol. The van der Waals surface area contributed by atoms with Gasteiger partial charge in [0, 0.05) is 0 Å². The van der Waals surface area contributed by atoms with Gasteiger partial charge in [-0.3, -0.25) is 9.59 Å². The Hall–Kier alpha value is -2.78. The van der Waals surface area contributed by atoms with Gasteiger partial charge in [0.1, 0.15) is 25.4 Å². The number of benzene rings is 2. The van der Waals surface area contributed by atoms with Crippen molar-refractivity contribution in [2.75, 3.05) is 26.4 Å². The van der Waals surface area contributed by atoms with Gasteiger partial charge in [-0.2, -0.15) is 0 Å². The lowest BCUT2D eigenvalue weighted by atomic mass is 9.49. The Morgan fingerprint density at radius 2 is 0.942 bits per heavy atom. The fraction of sp³-hybridized carbons (Fsp3) is 0.770. The monoisotopic (exact) mass is 953 g/mol. The molecule has 4 saturated carbocycles. The van der Waals surface area contributed by atoms with Crippen LogP contribution in [-0.4, -0.2) is 73.0 Å². The van der Waals surface area contributed by atoms with Crippen molar-refractivity contribution in [3.05, 3.63) is 69.8 Å². The van der Waals surface area contributed by atoms with E-state index in [4.69, 9.17) is 18.9 Å². The third-order valence-corrected chi connectivity index (χ3v) is 20.3. The van der Waals surface area contributed by atoms with Crippen molar-refractivity contribution in [3.63, 3.8) is 0 Å². The molecule has 0 saturated heterocycles. The fourth-order valence-electron chi connectivity index (χ4n) is 15.8. The summed E-state index contributed by atoms with van der Waals surface area (Å²) in [6, 6.07) is 14.1. The Morgan fingerprint density at radius 1 is 0.565 bits per heavy atom. The Kier molecular flexibility index (Phi) is 16.0. The van der Waals surface area contributed by atoms with Gasteiger partial charge in [0.15, 0.2) is 0 Å². The summed E-state index contributed by atoms with van der Waals surface area (Å²) in [4.78, 5) is 27.8. The molecule has 8 unspecified atom stereocenters. The minimum Gasteiger partial charge on any atom is -0.462 e. The van der Waals surface area contributed by atoms with Gasteiger partial charge < -0.3 is 29.2 Å². The first-order valence-corrected chi connectivity index (χ1v) is 27.9. The minimum absolute atomic E-state index is 0.0254. The third kappa shape index (κ3) is 10.5. The first-order valence-electron chi connectivity index (χ1n) is 27.9. The number of ether oxygens (including phenoxy) is 4. The Labute approximate surface area is 417 Å². The van der Waals surface area contributed by atoms with Crippen molar-refractivity contribution in [2.45, 2.75) is 232 Å². The van der Waals surface area contributed by atoms with E-state index < -0.39 is 23.0 Å². The van der Waals surface area contributed by atoms with Crippen LogP contribution in [0.15, 0.2) is 36.4 Å². The van der Waals surface area contributed by atoms with Crippen molar-refractivity contribution >= 4 is 11.9 Å². The molecule has 69 heavy (non-hydrogen) atoms. The zero-order chi connectivity index (χ0) is 49.5. The van der Waals surface area contributed by atoms with E-state index in [2.05, 4.69) is 106 Å². The molecule has 0 spiro atoms. The molecule has 2 aromatic carbocycles. The zero-order valence-electron chi connectivity index (χ0n) is 44.6. The molecule has 8 nitrogen and oxygen atoms in total. The number of fused-ring (bicyclic) bond motifs is 6. The van der Waals surface area contributed by atoms with Crippen LogP contribution >= 0.6 is 0 Å². The number of aryl methyl sites for hydroxylation is 2. The predicted molar refractivity (Wildman–Crippen MR) is 274 cm³/mol. The van der Waals surface area contributed by atoms with Crippen molar-refractivity contribution in [3.8, 4) is 0 Å². The SMILES string of the molecule is CC(C)c1ccc2c(c1)CCC1C(C)(C(=O)OCC(O)COC3CCC(C(C)(C)C4CCC(OCC(O)COC(=O)C5(C)CCCC6(C)c7ccc(C(C)C)cc7CCC56)CC4)CC3)CCCC21C.